The molecule has 0 saturated carbocycles. The van der Waals surface area contributed by atoms with E-state index in [1.165, 1.54) is 10.9 Å². The predicted octanol–water partition coefficient (Wildman–Crippen LogP) is 0.119. The summed E-state index contributed by atoms with van der Waals surface area (Å²) in [5.74, 6) is 0.207. The normalized spacial score (nSPS) is 24.6. The zero-order valence-corrected chi connectivity index (χ0v) is 15.7. The number of hydrogen-bond donors (Lipinski definition) is 5. The molecule has 152 valence electrons. The molecule has 12 heteroatoms. The molecule has 1 aliphatic heterocycles. The number of nitrogens with two attached hydrogens (primary N) is 1. The fraction of sp³-hybridized carbons (Fsp3) is 0.294. The van der Waals surface area contributed by atoms with Crippen LogP contribution < -0.4 is 11.2 Å². The highest BCUT2D eigenvalue weighted by Gasteiger charge is 2.44. The number of aliphatic hydroxyl groups is 3. The van der Waals surface area contributed by atoms with Gasteiger partial charge in [-0.25, -0.2) is 10.4 Å². The molecule has 3 aromatic rings. The number of fused-ring (bicyclic) bond motifs is 1. The van der Waals surface area contributed by atoms with Gasteiger partial charge in [-0.2, -0.15) is 15.1 Å². The van der Waals surface area contributed by atoms with E-state index < -0.39 is 31.1 Å². The summed E-state index contributed by atoms with van der Waals surface area (Å²) < 4.78 is 6.95. The summed E-state index contributed by atoms with van der Waals surface area (Å²) in [5.41, 5.74) is 10.0. The van der Waals surface area contributed by atoms with E-state index in [1.54, 1.807) is 30.5 Å². The first-order chi connectivity index (χ1) is 14.0. The van der Waals surface area contributed by atoms with Crippen LogP contribution in [0.25, 0.3) is 11.2 Å². The standard InChI is InChI=1S/C17H18ClN7O4/c18-9-3-1-8(2-4-9)5-21-24-17-22-14(19)11-15(23-17)25(7-20-11)16-13(28)12(27)10(6-26)29-16/h1-5,7,10,12-13,16,26-28H,6H2,(H3,19,22,23,24)/b21-5+. The topological polar surface area (TPSA) is 164 Å². The van der Waals surface area contributed by atoms with Crippen molar-refractivity contribution >= 4 is 40.7 Å². The Morgan fingerprint density at radius 1 is 1.24 bits per heavy atom. The lowest BCUT2D eigenvalue weighted by atomic mass is 10.1. The summed E-state index contributed by atoms with van der Waals surface area (Å²) >= 11 is 5.85. The molecule has 1 aromatic carbocycles. The molecule has 3 heterocycles. The van der Waals surface area contributed by atoms with Crippen molar-refractivity contribution in [2.45, 2.75) is 24.5 Å². The molecular weight excluding hydrogens is 402 g/mol. The highest BCUT2D eigenvalue weighted by atomic mass is 35.5. The first kappa shape index (κ1) is 19.5. The minimum Gasteiger partial charge on any atom is -0.394 e. The van der Waals surface area contributed by atoms with Gasteiger partial charge in [-0.05, 0) is 17.7 Å². The van der Waals surface area contributed by atoms with E-state index in [0.717, 1.165) is 5.56 Å². The predicted molar refractivity (Wildman–Crippen MR) is 105 cm³/mol. The molecule has 0 spiro atoms. The van der Waals surface area contributed by atoms with Crippen LogP contribution in [0.4, 0.5) is 11.8 Å². The lowest BCUT2D eigenvalue weighted by Gasteiger charge is -2.16. The summed E-state index contributed by atoms with van der Waals surface area (Å²) in [6.45, 7) is -0.440. The van der Waals surface area contributed by atoms with Gasteiger partial charge in [0.2, 0.25) is 5.95 Å². The summed E-state index contributed by atoms with van der Waals surface area (Å²) in [6.07, 6.45) is -1.51. The van der Waals surface area contributed by atoms with E-state index in [0.29, 0.717) is 10.5 Å². The number of anilines is 2. The van der Waals surface area contributed by atoms with Crippen molar-refractivity contribution in [3.63, 3.8) is 0 Å². The van der Waals surface area contributed by atoms with Gasteiger partial charge < -0.3 is 25.8 Å². The minimum atomic E-state index is -1.28. The average Bonchev–Trinajstić information content (AvgIpc) is 3.25. The molecule has 6 N–H and O–H groups in total. The van der Waals surface area contributed by atoms with E-state index in [-0.39, 0.29) is 17.4 Å². The van der Waals surface area contributed by atoms with E-state index in [9.17, 15) is 15.3 Å². The largest absolute Gasteiger partial charge is 0.394 e. The van der Waals surface area contributed by atoms with Crippen LogP contribution in [0.2, 0.25) is 5.02 Å². The molecule has 0 bridgehead atoms. The van der Waals surface area contributed by atoms with Crippen LogP contribution in [0.3, 0.4) is 0 Å². The number of nitrogen functional groups attached to an aromatic ring is 1. The maximum absolute atomic E-state index is 10.3. The number of aliphatic hydroxyl groups excluding tert-OH is 3. The number of rotatable bonds is 5. The van der Waals surface area contributed by atoms with Crippen LogP contribution in [0.1, 0.15) is 11.8 Å². The zero-order valence-electron chi connectivity index (χ0n) is 14.9. The van der Waals surface area contributed by atoms with Gasteiger partial charge in [-0.1, -0.05) is 23.7 Å². The highest BCUT2D eigenvalue weighted by Crippen LogP contribution is 2.32. The Labute approximate surface area is 169 Å². The molecule has 4 rings (SSSR count). The van der Waals surface area contributed by atoms with E-state index >= 15 is 0 Å². The van der Waals surface area contributed by atoms with Gasteiger partial charge >= 0.3 is 0 Å². The van der Waals surface area contributed by atoms with E-state index in [4.69, 9.17) is 22.1 Å². The second-order valence-electron chi connectivity index (χ2n) is 6.41. The second kappa shape index (κ2) is 7.89. The Morgan fingerprint density at radius 3 is 2.69 bits per heavy atom. The third-order valence-corrected chi connectivity index (χ3v) is 4.74. The number of ether oxygens (including phenoxy) is 1. The lowest BCUT2D eigenvalue weighted by Crippen LogP contribution is -2.33. The van der Waals surface area contributed by atoms with Crippen molar-refractivity contribution in [2.24, 2.45) is 5.10 Å². The number of nitrogens with one attached hydrogen (secondary N) is 1. The number of hydrogen-bond acceptors (Lipinski definition) is 10. The highest BCUT2D eigenvalue weighted by molar-refractivity contribution is 6.30. The molecule has 0 amide bonds. The number of aromatic nitrogens is 4. The summed E-state index contributed by atoms with van der Waals surface area (Å²) in [7, 11) is 0. The van der Waals surface area contributed by atoms with Crippen molar-refractivity contribution in [1.82, 2.24) is 19.5 Å². The van der Waals surface area contributed by atoms with Gasteiger partial charge in [0, 0.05) is 5.02 Å². The molecule has 2 aromatic heterocycles. The monoisotopic (exact) mass is 419 g/mol. The summed E-state index contributed by atoms with van der Waals surface area (Å²) in [5, 5.41) is 34.2. The molecule has 1 fully saturated rings. The Morgan fingerprint density at radius 2 is 2.00 bits per heavy atom. The van der Waals surface area contributed by atoms with Gasteiger partial charge in [0.15, 0.2) is 17.7 Å². The number of halogens is 1. The van der Waals surface area contributed by atoms with Crippen molar-refractivity contribution in [1.29, 1.82) is 0 Å². The van der Waals surface area contributed by atoms with Gasteiger partial charge in [-0.15, -0.1) is 0 Å². The first-order valence-electron chi connectivity index (χ1n) is 8.65. The van der Waals surface area contributed by atoms with Gasteiger partial charge in [0.25, 0.3) is 0 Å². The molecule has 1 aliphatic rings. The maximum atomic E-state index is 10.3. The van der Waals surface area contributed by atoms with Crippen LogP contribution in [-0.4, -0.2) is 66.0 Å². The summed E-state index contributed by atoms with van der Waals surface area (Å²) in [4.78, 5) is 12.6. The molecule has 4 unspecified atom stereocenters. The van der Waals surface area contributed by atoms with E-state index in [1.807, 2.05) is 0 Å². The van der Waals surface area contributed by atoms with Crippen molar-refractivity contribution in [3.8, 4) is 0 Å². The maximum Gasteiger partial charge on any atom is 0.247 e. The van der Waals surface area contributed by atoms with E-state index in [2.05, 4.69) is 25.5 Å². The molecule has 1 saturated heterocycles. The lowest BCUT2D eigenvalue weighted by molar-refractivity contribution is -0.0511. The smallest absolute Gasteiger partial charge is 0.247 e. The molecule has 0 aliphatic carbocycles. The van der Waals surface area contributed by atoms with Crippen LogP contribution >= 0.6 is 11.6 Å². The van der Waals surface area contributed by atoms with Crippen LogP contribution in [0.15, 0.2) is 35.7 Å². The minimum absolute atomic E-state index is 0.102. The number of nitrogens with zero attached hydrogens (tertiary/aromatic N) is 5. The SMILES string of the molecule is Nc1nc(N/N=C/c2ccc(Cl)cc2)nc2c1ncn2C1OC(CO)C(O)C1O. The third kappa shape index (κ3) is 3.73. The second-order valence-corrected chi connectivity index (χ2v) is 6.84. The molecule has 11 nitrogen and oxygen atoms in total. The fourth-order valence-electron chi connectivity index (χ4n) is 3.00. The quantitative estimate of drug-likeness (QED) is 0.285. The van der Waals surface area contributed by atoms with Crippen molar-refractivity contribution in [2.75, 3.05) is 17.8 Å². The molecule has 0 radical (unpaired) electrons. The fourth-order valence-corrected chi connectivity index (χ4v) is 3.12. The Kier molecular flexibility index (Phi) is 5.30. The van der Waals surface area contributed by atoms with Crippen LogP contribution in [-0.2, 0) is 4.74 Å². The number of hydrazone groups is 1. The molecule has 29 heavy (non-hydrogen) atoms. The van der Waals surface area contributed by atoms with Crippen LogP contribution in [0, 0.1) is 0 Å². The Hall–Kier alpha value is -2.83. The first-order valence-corrected chi connectivity index (χ1v) is 9.03. The van der Waals surface area contributed by atoms with Gasteiger partial charge in [-0.3, -0.25) is 4.57 Å². The van der Waals surface area contributed by atoms with Crippen LogP contribution in [0.5, 0.6) is 0 Å². The Bertz CT molecular complexity index is 1040. The third-order valence-electron chi connectivity index (χ3n) is 4.49. The molecule has 4 atom stereocenters. The zero-order chi connectivity index (χ0) is 20.5. The number of benzene rings is 1. The summed E-state index contributed by atoms with van der Waals surface area (Å²) in [6, 6.07) is 7.07. The Balaban J connectivity index is 1.61. The van der Waals surface area contributed by atoms with Gasteiger partial charge in [0.1, 0.15) is 23.8 Å². The number of imidazole rings is 1. The molecular formula is C17H18ClN7O4. The van der Waals surface area contributed by atoms with Crippen molar-refractivity contribution in [3.05, 3.63) is 41.2 Å². The average molecular weight is 420 g/mol. The van der Waals surface area contributed by atoms with Crippen molar-refractivity contribution < 1.29 is 20.1 Å². The van der Waals surface area contributed by atoms with Gasteiger partial charge in [0.05, 0.1) is 19.1 Å².